The smallest absolute Gasteiger partial charge is 0.257 e. The molecule has 0 unspecified atom stereocenters. The van der Waals surface area contributed by atoms with Gasteiger partial charge in [0.25, 0.3) is 11.1 Å². The predicted molar refractivity (Wildman–Crippen MR) is 110 cm³/mol. The first-order valence-electron chi connectivity index (χ1n) is 9.64. The fourth-order valence-electron chi connectivity index (χ4n) is 4.42. The number of hydrogen-bond acceptors (Lipinski definition) is 4. The van der Waals surface area contributed by atoms with Crippen molar-refractivity contribution in [1.29, 1.82) is 0 Å². The van der Waals surface area contributed by atoms with Crippen molar-refractivity contribution in [1.82, 2.24) is 10.2 Å². The second kappa shape index (κ2) is 7.40. The number of fused-ring (bicyclic) bond motifs is 2. The second-order valence-electron chi connectivity index (χ2n) is 8.00. The van der Waals surface area contributed by atoms with Gasteiger partial charge in [-0.2, -0.15) is 0 Å². The molecule has 1 N–H and O–H groups in total. The molecular formula is C21H30N2O3S. The molecule has 1 heterocycles. The quantitative estimate of drug-likeness (QED) is 0.746. The summed E-state index contributed by atoms with van der Waals surface area (Å²) in [5.74, 6) is 0.260. The molecule has 0 saturated carbocycles. The molecule has 0 aromatic rings. The molecule has 4 atom stereocenters. The minimum atomic E-state index is -0.185. The highest BCUT2D eigenvalue weighted by atomic mass is 32.1. The van der Waals surface area contributed by atoms with Crippen LogP contribution in [0.1, 0.15) is 40.5 Å². The fourth-order valence-corrected chi connectivity index (χ4v) is 4.63. The molecule has 27 heavy (non-hydrogen) atoms. The van der Waals surface area contributed by atoms with E-state index in [1.54, 1.807) is 12.0 Å². The van der Waals surface area contributed by atoms with Crippen molar-refractivity contribution < 1.29 is 14.3 Å². The Morgan fingerprint density at radius 3 is 2.81 bits per heavy atom. The topological polar surface area (TPSA) is 50.8 Å². The highest BCUT2D eigenvalue weighted by Crippen LogP contribution is 2.54. The number of nitrogens with one attached hydrogen (secondary N) is 1. The lowest BCUT2D eigenvalue weighted by molar-refractivity contribution is -0.123. The van der Waals surface area contributed by atoms with Gasteiger partial charge in [-0.1, -0.05) is 20.8 Å². The van der Waals surface area contributed by atoms with E-state index in [4.69, 9.17) is 21.7 Å². The van der Waals surface area contributed by atoms with Crippen molar-refractivity contribution in [3.8, 4) is 0 Å². The number of carbonyl (C=O) groups excluding carboxylic acids is 1. The number of likely N-dealkylation sites (N-methyl/N-ethyl adjacent to an activating group) is 1. The van der Waals surface area contributed by atoms with E-state index in [0.717, 1.165) is 36.2 Å². The molecule has 2 aliphatic carbocycles. The van der Waals surface area contributed by atoms with Crippen LogP contribution in [-0.4, -0.2) is 48.9 Å². The summed E-state index contributed by atoms with van der Waals surface area (Å²) in [5, 5.41) is 3.57. The molecule has 0 spiro atoms. The van der Waals surface area contributed by atoms with Gasteiger partial charge in [-0.25, -0.2) is 0 Å². The molecule has 0 saturated heterocycles. The van der Waals surface area contributed by atoms with Crippen LogP contribution in [0.5, 0.6) is 0 Å². The van der Waals surface area contributed by atoms with E-state index in [-0.39, 0.29) is 29.4 Å². The summed E-state index contributed by atoms with van der Waals surface area (Å²) in [4.78, 5) is 14.2. The highest BCUT2D eigenvalue weighted by Gasteiger charge is 2.50. The van der Waals surface area contributed by atoms with Crippen molar-refractivity contribution in [3.63, 3.8) is 0 Å². The lowest BCUT2D eigenvalue weighted by Crippen LogP contribution is -2.50. The van der Waals surface area contributed by atoms with E-state index in [1.165, 1.54) is 5.57 Å². The standard InChI is InChI=1S/C21H30N2O3S/c1-7-8-22-20(27)26-18-13(3)21(4)11-15-12(2)19(24)23(5)16(15)9-14(21)10-17(18)25-6/h9-10,13,17-18H,7-8,11H2,1-6H3,(H,22,27)/t13-,17+,18+,21+/m0/s1. The van der Waals surface area contributed by atoms with Gasteiger partial charge in [0.15, 0.2) is 0 Å². The van der Waals surface area contributed by atoms with Gasteiger partial charge in [0, 0.05) is 43.3 Å². The third kappa shape index (κ3) is 3.23. The van der Waals surface area contributed by atoms with Gasteiger partial charge in [0.2, 0.25) is 0 Å². The van der Waals surface area contributed by atoms with Crippen LogP contribution in [-0.2, 0) is 14.3 Å². The maximum atomic E-state index is 12.4. The lowest BCUT2D eigenvalue weighted by atomic mass is 9.59. The van der Waals surface area contributed by atoms with Gasteiger partial charge in [-0.15, -0.1) is 0 Å². The number of hydrogen-bond donors (Lipinski definition) is 1. The zero-order valence-corrected chi connectivity index (χ0v) is 17.9. The van der Waals surface area contributed by atoms with Gasteiger partial charge < -0.3 is 19.7 Å². The summed E-state index contributed by atoms with van der Waals surface area (Å²) in [5.41, 5.74) is 4.09. The molecule has 6 heteroatoms. The average molecular weight is 391 g/mol. The molecule has 5 nitrogen and oxygen atoms in total. The number of nitrogens with zero attached hydrogens (tertiary/aromatic N) is 1. The van der Waals surface area contributed by atoms with Crippen LogP contribution >= 0.6 is 12.2 Å². The average Bonchev–Trinajstić information content (AvgIpc) is 2.85. The lowest BCUT2D eigenvalue weighted by Gasteiger charge is -2.49. The van der Waals surface area contributed by atoms with E-state index in [1.807, 2.05) is 14.0 Å². The van der Waals surface area contributed by atoms with E-state index >= 15 is 0 Å². The van der Waals surface area contributed by atoms with E-state index in [0.29, 0.717) is 5.17 Å². The van der Waals surface area contributed by atoms with E-state index < -0.39 is 0 Å². The Hall–Kier alpha value is -1.66. The number of amides is 1. The summed E-state index contributed by atoms with van der Waals surface area (Å²) in [6.07, 6.45) is 5.74. The Balaban J connectivity index is 1.97. The van der Waals surface area contributed by atoms with Gasteiger partial charge in [-0.3, -0.25) is 4.79 Å². The number of methoxy groups -OCH3 is 1. The highest BCUT2D eigenvalue weighted by molar-refractivity contribution is 7.80. The van der Waals surface area contributed by atoms with Crippen LogP contribution in [0.25, 0.3) is 0 Å². The number of allylic oxidation sites excluding steroid dienone is 3. The van der Waals surface area contributed by atoms with Crippen LogP contribution < -0.4 is 5.32 Å². The molecule has 0 aromatic carbocycles. The first-order valence-corrected chi connectivity index (χ1v) is 10.0. The summed E-state index contributed by atoms with van der Waals surface area (Å²) in [6.45, 7) is 9.26. The molecule has 1 aliphatic heterocycles. The van der Waals surface area contributed by atoms with Crippen LogP contribution in [0.15, 0.2) is 34.6 Å². The van der Waals surface area contributed by atoms with Crippen LogP contribution in [0.3, 0.4) is 0 Å². The molecule has 0 radical (unpaired) electrons. The van der Waals surface area contributed by atoms with Crippen molar-refractivity contribution in [3.05, 3.63) is 34.6 Å². The zero-order valence-electron chi connectivity index (χ0n) is 17.1. The van der Waals surface area contributed by atoms with Gasteiger partial charge in [0.1, 0.15) is 12.2 Å². The Labute approximate surface area is 167 Å². The van der Waals surface area contributed by atoms with Crippen LogP contribution in [0, 0.1) is 11.3 Å². The number of thiocarbonyl (C=S) groups is 1. The van der Waals surface area contributed by atoms with Crippen molar-refractivity contribution >= 4 is 23.3 Å². The summed E-state index contributed by atoms with van der Waals surface area (Å²) in [7, 11) is 3.55. The van der Waals surface area contributed by atoms with Gasteiger partial charge >= 0.3 is 0 Å². The maximum Gasteiger partial charge on any atom is 0.257 e. The van der Waals surface area contributed by atoms with Crippen LogP contribution in [0.2, 0.25) is 0 Å². The summed E-state index contributed by atoms with van der Waals surface area (Å²) < 4.78 is 11.9. The minimum Gasteiger partial charge on any atom is -0.464 e. The van der Waals surface area contributed by atoms with Crippen molar-refractivity contribution in [2.75, 3.05) is 20.7 Å². The van der Waals surface area contributed by atoms with Crippen molar-refractivity contribution in [2.45, 2.75) is 52.7 Å². The third-order valence-corrected chi connectivity index (χ3v) is 6.68. The summed E-state index contributed by atoms with van der Waals surface area (Å²) in [6, 6.07) is 0. The third-order valence-electron chi connectivity index (χ3n) is 6.44. The zero-order chi connectivity index (χ0) is 19.9. The second-order valence-corrected chi connectivity index (χ2v) is 8.37. The molecule has 3 aliphatic rings. The normalized spacial score (nSPS) is 32.6. The molecule has 0 bridgehead atoms. The summed E-state index contributed by atoms with van der Waals surface area (Å²) >= 11 is 5.38. The number of carbonyl (C=O) groups is 1. The van der Waals surface area contributed by atoms with Gasteiger partial charge in [-0.05, 0) is 55.3 Å². The Bertz CT molecular complexity index is 755. The Morgan fingerprint density at radius 2 is 2.19 bits per heavy atom. The van der Waals surface area contributed by atoms with Crippen molar-refractivity contribution in [2.24, 2.45) is 11.3 Å². The molecule has 0 aromatic heterocycles. The number of rotatable bonds is 4. The largest absolute Gasteiger partial charge is 0.464 e. The first-order chi connectivity index (χ1) is 12.7. The SMILES string of the molecule is CCCNC(=S)O[C@H]1[C@H](OC)C=C2C=C3C(=C(C)C(=O)N3C)C[C@]2(C)[C@H]1C. The first kappa shape index (κ1) is 20.1. The number of ether oxygens (including phenoxy) is 2. The molecule has 148 valence electrons. The Kier molecular flexibility index (Phi) is 5.50. The predicted octanol–water partition coefficient (Wildman–Crippen LogP) is 3.33. The molecule has 0 fully saturated rings. The van der Waals surface area contributed by atoms with E-state index in [2.05, 4.69) is 38.2 Å². The molecule has 3 rings (SSSR count). The molecular weight excluding hydrogens is 360 g/mol. The monoisotopic (exact) mass is 390 g/mol. The van der Waals surface area contributed by atoms with Gasteiger partial charge in [0.05, 0.1) is 0 Å². The van der Waals surface area contributed by atoms with Crippen LogP contribution in [0.4, 0.5) is 0 Å². The van der Waals surface area contributed by atoms with E-state index in [9.17, 15) is 4.79 Å². The maximum absolute atomic E-state index is 12.4. The fraction of sp³-hybridized carbons (Fsp3) is 0.619. The minimum absolute atomic E-state index is 0.0905. The Morgan fingerprint density at radius 1 is 1.48 bits per heavy atom. The molecule has 1 amide bonds.